The predicted molar refractivity (Wildman–Crippen MR) is 91.2 cm³/mol. The number of rotatable bonds is 4. The number of fused-ring (bicyclic) bond motifs is 1. The lowest BCUT2D eigenvalue weighted by Gasteiger charge is -2.18. The average molecular weight is 336 g/mol. The molecule has 23 heavy (non-hydrogen) atoms. The molecule has 2 heterocycles. The third-order valence-electron chi connectivity index (χ3n) is 4.72. The van der Waals surface area contributed by atoms with E-state index in [1.165, 1.54) is 12.0 Å². The summed E-state index contributed by atoms with van der Waals surface area (Å²) in [4.78, 5) is 27.9. The first-order chi connectivity index (χ1) is 11.1. The molecule has 0 saturated carbocycles. The Morgan fingerprint density at radius 1 is 1.35 bits per heavy atom. The molecular formula is C17H24N2O3S. The summed E-state index contributed by atoms with van der Waals surface area (Å²) in [6.45, 7) is 4.59. The third kappa shape index (κ3) is 3.58. The number of carbonyl (C=O) groups excluding carboxylic acids is 2. The second kappa shape index (κ2) is 7.01. The Hall–Kier alpha value is -1.40. The molecule has 1 saturated heterocycles. The Balaban J connectivity index is 1.80. The molecule has 1 N–H and O–H groups in total. The van der Waals surface area contributed by atoms with Gasteiger partial charge in [0.05, 0.1) is 19.2 Å². The minimum absolute atomic E-state index is 0.0382. The molecule has 1 aliphatic carbocycles. The van der Waals surface area contributed by atoms with Gasteiger partial charge >= 0.3 is 5.97 Å². The van der Waals surface area contributed by atoms with Gasteiger partial charge in [0, 0.05) is 4.88 Å². The van der Waals surface area contributed by atoms with Gasteiger partial charge in [-0.15, -0.1) is 11.3 Å². The van der Waals surface area contributed by atoms with Crippen LogP contribution in [0.25, 0.3) is 0 Å². The van der Waals surface area contributed by atoms with E-state index in [0.717, 1.165) is 50.8 Å². The number of nitrogens with zero attached hydrogens (tertiary/aromatic N) is 1. The molecule has 1 atom stereocenters. The molecule has 1 aromatic heterocycles. The fourth-order valence-corrected chi connectivity index (χ4v) is 4.88. The minimum atomic E-state index is -0.339. The molecule has 5 nitrogen and oxygen atoms in total. The van der Waals surface area contributed by atoms with Crippen molar-refractivity contribution in [1.29, 1.82) is 0 Å². The summed E-state index contributed by atoms with van der Waals surface area (Å²) >= 11 is 1.54. The number of anilines is 1. The molecular weight excluding hydrogens is 312 g/mol. The van der Waals surface area contributed by atoms with E-state index >= 15 is 0 Å². The molecule has 1 fully saturated rings. The quantitative estimate of drug-likeness (QED) is 0.859. The molecule has 2 aliphatic rings. The number of ether oxygens (including phenoxy) is 1. The summed E-state index contributed by atoms with van der Waals surface area (Å²) in [7, 11) is 1.40. The molecule has 0 aromatic carbocycles. The Labute approximate surface area is 141 Å². The van der Waals surface area contributed by atoms with Crippen molar-refractivity contribution in [3.63, 3.8) is 0 Å². The molecule has 0 unspecified atom stereocenters. The van der Waals surface area contributed by atoms with Crippen LogP contribution in [0.4, 0.5) is 5.00 Å². The van der Waals surface area contributed by atoms with Crippen LogP contribution >= 0.6 is 11.3 Å². The second-order valence-electron chi connectivity index (χ2n) is 6.58. The maximum absolute atomic E-state index is 12.3. The van der Waals surface area contributed by atoms with Gasteiger partial charge in [0.25, 0.3) is 0 Å². The summed E-state index contributed by atoms with van der Waals surface area (Å²) in [5, 5.41) is 3.63. The number of nitrogens with one attached hydrogen (secondary N) is 1. The second-order valence-corrected chi connectivity index (χ2v) is 7.68. The smallest absolute Gasteiger partial charge is 0.341 e. The Morgan fingerprint density at radius 3 is 2.78 bits per heavy atom. The zero-order valence-electron chi connectivity index (χ0n) is 13.8. The number of thiophene rings is 1. The Bertz CT molecular complexity index is 605. The molecule has 6 heteroatoms. The van der Waals surface area contributed by atoms with E-state index < -0.39 is 0 Å². The minimum Gasteiger partial charge on any atom is -0.465 e. The first-order valence-electron chi connectivity index (χ1n) is 8.33. The normalized spacial score (nSPS) is 21.0. The van der Waals surface area contributed by atoms with Crippen molar-refractivity contribution in [3.05, 3.63) is 16.0 Å². The number of hydrogen-bond donors (Lipinski definition) is 1. The Kier molecular flexibility index (Phi) is 5.02. The van der Waals surface area contributed by atoms with Gasteiger partial charge in [-0.3, -0.25) is 9.69 Å². The summed E-state index contributed by atoms with van der Waals surface area (Å²) in [5.74, 6) is 0.247. The van der Waals surface area contributed by atoms with Crippen molar-refractivity contribution in [2.75, 3.05) is 32.1 Å². The largest absolute Gasteiger partial charge is 0.465 e. The van der Waals surface area contributed by atoms with Crippen molar-refractivity contribution in [2.45, 2.75) is 39.0 Å². The van der Waals surface area contributed by atoms with E-state index in [1.54, 1.807) is 11.3 Å². The lowest BCUT2D eigenvalue weighted by Crippen LogP contribution is -2.31. The molecule has 0 radical (unpaired) electrons. The van der Waals surface area contributed by atoms with Crippen LogP contribution in [0.15, 0.2) is 0 Å². The molecule has 3 rings (SSSR count). The van der Waals surface area contributed by atoms with Crippen molar-refractivity contribution in [3.8, 4) is 0 Å². The van der Waals surface area contributed by atoms with Gasteiger partial charge in [-0.05, 0) is 56.7 Å². The van der Waals surface area contributed by atoms with E-state index in [-0.39, 0.29) is 11.9 Å². The maximum atomic E-state index is 12.3. The van der Waals surface area contributed by atoms with Crippen molar-refractivity contribution in [1.82, 2.24) is 4.90 Å². The van der Waals surface area contributed by atoms with Crippen LogP contribution in [-0.2, 0) is 22.4 Å². The summed E-state index contributed by atoms with van der Waals surface area (Å²) in [5.41, 5.74) is 1.66. The summed E-state index contributed by atoms with van der Waals surface area (Å²) in [6, 6.07) is 0. The van der Waals surface area contributed by atoms with Crippen molar-refractivity contribution < 1.29 is 14.3 Å². The SMILES string of the molecule is COC(=O)c1c(NC(=O)CN2CCCC2)sc2c1CC[C@@H](C)C2. The zero-order chi connectivity index (χ0) is 16.4. The van der Waals surface area contributed by atoms with E-state index in [2.05, 4.69) is 17.1 Å². The summed E-state index contributed by atoms with van der Waals surface area (Å²) in [6.07, 6.45) is 5.26. The first kappa shape index (κ1) is 16.5. The van der Waals surface area contributed by atoms with Crippen LogP contribution in [0.2, 0.25) is 0 Å². The van der Waals surface area contributed by atoms with E-state index in [9.17, 15) is 9.59 Å². The number of hydrogen-bond acceptors (Lipinski definition) is 5. The van der Waals surface area contributed by atoms with Crippen LogP contribution < -0.4 is 5.32 Å². The number of methoxy groups -OCH3 is 1. The topological polar surface area (TPSA) is 58.6 Å². The number of carbonyl (C=O) groups is 2. The molecule has 0 spiro atoms. The third-order valence-corrected chi connectivity index (χ3v) is 5.89. The van der Waals surface area contributed by atoms with Gasteiger partial charge in [0.2, 0.25) is 5.91 Å². The van der Waals surface area contributed by atoms with Gasteiger partial charge in [-0.2, -0.15) is 0 Å². The van der Waals surface area contributed by atoms with Gasteiger partial charge in [-0.1, -0.05) is 6.92 Å². The van der Waals surface area contributed by atoms with E-state index in [4.69, 9.17) is 4.74 Å². The summed E-state index contributed by atoms with van der Waals surface area (Å²) < 4.78 is 4.95. The van der Waals surface area contributed by atoms with E-state index in [0.29, 0.717) is 23.0 Å². The van der Waals surface area contributed by atoms with E-state index in [1.807, 2.05) is 0 Å². The molecule has 0 bridgehead atoms. The number of likely N-dealkylation sites (tertiary alicyclic amines) is 1. The Morgan fingerprint density at radius 2 is 2.09 bits per heavy atom. The van der Waals surface area contributed by atoms with Crippen LogP contribution in [0, 0.1) is 5.92 Å². The van der Waals surface area contributed by atoms with Crippen LogP contribution in [0.3, 0.4) is 0 Å². The fourth-order valence-electron chi connectivity index (χ4n) is 3.47. The van der Waals surface area contributed by atoms with Crippen LogP contribution in [-0.4, -0.2) is 43.5 Å². The molecule has 126 valence electrons. The lowest BCUT2D eigenvalue weighted by molar-refractivity contribution is -0.117. The van der Waals surface area contributed by atoms with Crippen LogP contribution in [0.5, 0.6) is 0 Å². The maximum Gasteiger partial charge on any atom is 0.341 e. The van der Waals surface area contributed by atoms with Gasteiger partial charge in [0.15, 0.2) is 0 Å². The molecule has 1 aromatic rings. The number of amides is 1. The highest BCUT2D eigenvalue weighted by Crippen LogP contribution is 2.40. The van der Waals surface area contributed by atoms with Gasteiger partial charge in [0.1, 0.15) is 5.00 Å². The van der Waals surface area contributed by atoms with Gasteiger partial charge < -0.3 is 10.1 Å². The average Bonchev–Trinajstić information content (AvgIpc) is 3.13. The number of esters is 1. The predicted octanol–water partition coefficient (Wildman–Crippen LogP) is 2.69. The van der Waals surface area contributed by atoms with Crippen molar-refractivity contribution in [2.24, 2.45) is 5.92 Å². The standard InChI is InChI=1S/C17H24N2O3S/c1-11-5-6-12-13(9-11)23-16(15(12)17(21)22-2)18-14(20)10-19-7-3-4-8-19/h11H,3-10H2,1-2H3,(H,18,20)/t11-/m1/s1. The highest BCUT2D eigenvalue weighted by molar-refractivity contribution is 7.17. The van der Waals surface area contributed by atoms with Gasteiger partial charge in [-0.25, -0.2) is 4.79 Å². The highest BCUT2D eigenvalue weighted by atomic mass is 32.1. The molecule has 1 amide bonds. The zero-order valence-corrected chi connectivity index (χ0v) is 14.6. The lowest BCUT2D eigenvalue weighted by atomic mass is 9.88. The highest BCUT2D eigenvalue weighted by Gasteiger charge is 2.29. The van der Waals surface area contributed by atoms with Crippen LogP contribution in [0.1, 0.15) is 47.0 Å². The fraction of sp³-hybridized carbons (Fsp3) is 0.647. The van der Waals surface area contributed by atoms with Crippen molar-refractivity contribution >= 4 is 28.2 Å². The molecule has 1 aliphatic heterocycles. The first-order valence-corrected chi connectivity index (χ1v) is 9.15. The monoisotopic (exact) mass is 336 g/mol.